The predicted molar refractivity (Wildman–Crippen MR) is 85.1 cm³/mol. The summed E-state index contributed by atoms with van der Waals surface area (Å²) in [6.45, 7) is 7.93. The van der Waals surface area contributed by atoms with Gasteiger partial charge in [-0.25, -0.2) is 4.79 Å². The van der Waals surface area contributed by atoms with E-state index in [1.807, 2.05) is 12.1 Å². The lowest BCUT2D eigenvalue weighted by Crippen LogP contribution is -2.24. The number of aromatic nitrogens is 1. The summed E-state index contributed by atoms with van der Waals surface area (Å²) in [5.41, 5.74) is 2.07. The van der Waals surface area contributed by atoms with Crippen molar-refractivity contribution in [2.45, 2.75) is 39.2 Å². The van der Waals surface area contributed by atoms with Crippen LogP contribution in [0, 0.1) is 0 Å². The van der Waals surface area contributed by atoms with Gasteiger partial charge >= 0.3 is 5.97 Å². The van der Waals surface area contributed by atoms with Crippen LogP contribution in [-0.2, 0) is 10.2 Å². The lowest BCUT2D eigenvalue weighted by atomic mass is 9.86. The number of H-pyrrole nitrogens is 1. The number of carbonyl (C=O) groups is 2. The highest BCUT2D eigenvalue weighted by molar-refractivity contribution is 6.01. The quantitative estimate of drug-likeness (QED) is 0.691. The van der Waals surface area contributed by atoms with Gasteiger partial charge in [0, 0.05) is 11.8 Å². The molecule has 0 amide bonds. The molecule has 0 radical (unpaired) electrons. The Balaban J connectivity index is 2.06. The first-order chi connectivity index (χ1) is 10.3. The second kappa shape index (κ2) is 6.18. The van der Waals surface area contributed by atoms with Crippen LogP contribution in [0.25, 0.3) is 0 Å². The van der Waals surface area contributed by atoms with Crippen LogP contribution in [0.1, 0.15) is 54.1 Å². The minimum atomic E-state index is -0.823. The Hall–Kier alpha value is -2.36. The van der Waals surface area contributed by atoms with Crippen molar-refractivity contribution < 1.29 is 14.3 Å². The number of ether oxygens (including phenoxy) is 1. The van der Waals surface area contributed by atoms with Crippen molar-refractivity contribution in [2.75, 3.05) is 0 Å². The van der Waals surface area contributed by atoms with Gasteiger partial charge < -0.3 is 9.72 Å². The molecule has 4 heteroatoms. The fraction of sp³-hybridized carbons (Fsp3) is 0.333. The molecule has 2 aromatic rings. The SMILES string of the molecule is C[C@H](OC(=O)c1ccc[nH]1)C(=O)c1ccc(C(C)(C)C)cc1. The molecule has 0 saturated carbocycles. The van der Waals surface area contributed by atoms with Crippen LogP contribution < -0.4 is 0 Å². The molecule has 0 spiro atoms. The van der Waals surface area contributed by atoms with E-state index in [4.69, 9.17) is 4.74 Å². The summed E-state index contributed by atoms with van der Waals surface area (Å²) < 4.78 is 5.19. The van der Waals surface area contributed by atoms with Gasteiger partial charge in [-0.3, -0.25) is 4.79 Å². The summed E-state index contributed by atoms with van der Waals surface area (Å²) in [5.74, 6) is -0.738. The zero-order chi connectivity index (χ0) is 16.3. The molecule has 4 nitrogen and oxygen atoms in total. The van der Waals surface area contributed by atoms with E-state index in [0.29, 0.717) is 11.3 Å². The Bertz CT molecular complexity index is 649. The summed E-state index contributed by atoms with van der Waals surface area (Å²) in [5, 5.41) is 0. The van der Waals surface area contributed by atoms with Crippen molar-refractivity contribution in [3.05, 3.63) is 59.4 Å². The topological polar surface area (TPSA) is 59.2 Å². The lowest BCUT2D eigenvalue weighted by molar-refractivity contribution is 0.0314. The number of aromatic amines is 1. The molecule has 0 aliphatic rings. The van der Waals surface area contributed by atoms with E-state index in [2.05, 4.69) is 25.8 Å². The minimum absolute atomic E-state index is 0.0350. The molecular formula is C18H21NO3. The molecule has 0 fully saturated rings. The molecule has 0 aliphatic heterocycles. The lowest BCUT2D eigenvalue weighted by Gasteiger charge is -2.19. The van der Waals surface area contributed by atoms with E-state index in [-0.39, 0.29) is 11.2 Å². The van der Waals surface area contributed by atoms with E-state index in [1.165, 1.54) is 0 Å². The van der Waals surface area contributed by atoms with Crippen LogP contribution >= 0.6 is 0 Å². The van der Waals surface area contributed by atoms with E-state index < -0.39 is 12.1 Å². The zero-order valence-electron chi connectivity index (χ0n) is 13.3. The van der Waals surface area contributed by atoms with Gasteiger partial charge in [-0.1, -0.05) is 45.0 Å². The van der Waals surface area contributed by atoms with Gasteiger partial charge in [0.15, 0.2) is 6.10 Å². The number of ketones is 1. The Kier molecular flexibility index (Phi) is 4.50. The number of hydrogen-bond acceptors (Lipinski definition) is 3. The third kappa shape index (κ3) is 3.64. The normalized spacial score (nSPS) is 12.7. The van der Waals surface area contributed by atoms with Crippen LogP contribution in [-0.4, -0.2) is 22.8 Å². The highest BCUT2D eigenvalue weighted by atomic mass is 16.5. The van der Waals surface area contributed by atoms with Crippen LogP contribution in [0.3, 0.4) is 0 Å². The maximum atomic E-state index is 12.3. The van der Waals surface area contributed by atoms with Crippen molar-refractivity contribution in [3.63, 3.8) is 0 Å². The van der Waals surface area contributed by atoms with E-state index in [9.17, 15) is 9.59 Å². The molecular weight excluding hydrogens is 278 g/mol. The molecule has 1 heterocycles. The highest BCUT2D eigenvalue weighted by Gasteiger charge is 2.21. The number of hydrogen-bond donors (Lipinski definition) is 1. The Morgan fingerprint density at radius 2 is 1.73 bits per heavy atom. The van der Waals surface area contributed by atoms with Crippen molar-refractivity contribution in [1.29, 1.82) is 0 Å². The summed E-state index contributed by atoms with van der Waals surface area (Å²) in [6, 6.07) is 10.7. The number of carbonyl (C=O) groups excluding carboxylic acids is 2. The molecule has 2 rings (SSSR count). The summed E-state index contributed by atoms with van der Waals surface area (Å²) >= 11 is 0. The van der Waals surface area contributed by atoms with Crippen molar-refractivity contribution in [3.8, 4) is 0 Å². The van der Waals surface area contributed by atoms with Gasteiger partial charge in [0.1, 0.15) is 5.69 Å². The van der Waals surface area contributed by atoms with Gasteiger partial charge in [0.2, 0.25) is 5.78 Å². The number of nitrogens with one attached hydrogen (secondary N) is 1. The first-order valence-corrected chi connectivity index (χ1v) is 7.28. The average molecular weight is 299 g/mol. The van der Waals surface area contributed by atoms with Gasteiger partial charge in [0.25, 0.3) is 0 Å². The third-order valence-corrected chi connectivity index (χ3v) is 3.51. The first kappa shape index (κ1) is 16.0. The highest BCUT2D eigenvalue weighted by Crippen LogP contribution is 2.22. The molecule has 0 saturated heterocycles. The molecule has 1 atom stereocenters. The average Bonchev–Trinajstić information content (AvgIpc) is 3.00. The van der Waals surface area contributed by atoms with Crippen molar-refractivity contribution >= 4 is 11.8 Å². The van der Waals surface area contributed by atoms with E-state index in [1.54, 1.807) is 37.4 Å². The summed E-state index contributed by atoms with van der Waals surface area (Å²) in [4.78, 5) is 26.9. The smallest absolute Gasteiger partial charge is 0.355 e. The molecule has 0 unspecified atom stereocenters. The van der Waals surface area contributed by atoms with Crippen molar-refractivity contribution in [2.24, 2.45) is 0 Å². The van der Waals surface area contributed by atoms with Crippen molar-refractivity contribution in [1.82, 2.24) is 4.98 Å². The Morgan fingerprint density at radius 3 is 2.23 bits per heavy atom. The molecule has 22 heavy (non-hydrogen) atoms. The fourth-order valence-corrected chi connectivity index (χ4v) is 2.10. The molecule has 1 N–H and O–H groups in total. The molecule has 0 aliphatic carbocycles. The standard InChI is InChI=1S/C18H21NO3/c1-12(22-17(21)15-6-5-11-19-15)16(20)13-7-9-14(10-8-13)18(2,3)4/h5-12,19H,1-4H3/t12-/m0/s1. The maximum Gasteiger partial charge on any atom is 0.355 e. The number of benzene rings is 1. The Labute approximate surface area is 130 Å². The van der Waals surface area contributed by atoms with Gasteiger partial charge in [-0.05, 0) is 30.0 Å². The largest absolute Gasteiger partial charge is 0.450 e. The van der Waals surface area contributed by atoms with Gasteiger partial charge in [-0.15, -0.1) is 0 Å². The molecule has 1 aromatic heterocycles. The minimum Gasteiger partial charge on any atom is -0.450 e. The second-order valence-electron chi connectivity index (χ2n) is 6.32. The van der Waals surface area contributed by atoms with Crippen LogP contribution in [0.15, 0.2) is 42.6 Å². The van der Waals surface area contributed by atoms with Gasteiger partial charge in [0.05, 0.1) is 0 Å². The number of Topliss-reactive ketones (excluding diaryl/α,β-unsaturated/α-hetero) is 1. The second-order valence-corrected chi connectivity index (χ2v) is 6.32. The number of rotatable bonds is 4. The monoisotopic (exact) mass is 299 g/mol. The summed E-state index contributed by atoms with van der Waals surface area (Å²) in [7, 11) is 0. The molecule has 1 aromatic carbocycles. The fourth-order valence-electron chi connectivity index (χ4n) is 2.10. The predicted octanol–water partition coefficient (Wildman–Crippen LogP) is 3.74. The van der Waals surface area contributed by atoms with E-state index in [0.717, 1.165) is 5.56 Å². The summed E-state index contributed by atoms with van der Waals surface area (Å²) in [6.07, 6.45) is 0.810. The molecule has 0 bridgehead atoms. The van der Waals surface area contributed by atoms with Crippen LogP contribution in [0.2, 0.25) is 0 Å². The zero-order valence-corrected chi connectivity index (χ0v) is 13.3. The van der Waals surface area contributed by atoms with Crippen LogP contribution in [0.5, 0.6) is 0 Å². The van der Waals surface area contributed by atoms with Gasteiger partial charge in [-0.2, -0.15) is 0 Å². The number of esters is 1. The first-order valence-electron chi connectivity index (χ1n) is 7.28. The maximum absolute atomic E-state index is 12.3. The van der Waals surface area contributed by atoms with Crippen LogP contribution in [0.4, 0.5) is 0 Å². The molecule has 116 valence electrons. The van der Waals surface area contributed by atoms with E-state index >= 15 is 0 Å². The third-order valence-electron chi connectivity index (χ3n) is 3.51. The Morgan fingerprint density at radius 1 is 1.09 bits per heavy atom.